The predicted molar refractivity (Wildman–Crippen MR) is 133 cm³/mol. The van der Waals surface area contributed by atoms with E-state index in [2.05, 4.69) is 66.5 Å². The molecular weight excluding hydrogens is 446 g/mol. The van der Waals surface area contributed by atoms with Gasteiger partial charge in [0.2, 0.25) is 11.8 Å². The van der Waals surface area contributed by atoms with Gasteiger partial charge in [-0.05, 0) is 47.9 Å². The lowest BCUT2D eigenvalue weighted by atomic mass is 9.76. The average molecular weight is 476 g/mol. The molecule has 0 spiro atoms. The van der Waals surface area contributed by atoms with E-state index in [0.29, 0.717) is 24.7 Å². The molecule has 0 radical (unpaired) electrons. The number of aliphatic imine (C=N–C) groups is 1. The molecule has 10 nitrogen and oxygen atoms in total. The molecule has 0 bridgehead atoms. The summed E-state index contributed by atoms with van der Waals surface area (Å²) >= 11 is 0. The van der Waals surface area contributed by atoms with Crippen molar-refractivity contribution in [3.63, 3.8) is 0 Å². The second kappa shape index (κ2) is 10.0. The zero-order valence-corrected chi connectivity index (χ0v) is 20.1. The third-order valence-electron chi connectivity index (χ3n) is 6.37. The molecule has 2 heterocycles. The van der Waals surface area contributed by atoms with E-state index >= 15 is 0 Å². The van der Waals surface area contributed by atoms with Crippen molar-refractivity contribution in [2.24, 2.45) is 10.4 Å². The van der Waals surface area contributed by atoms with Crippen LogP contribution in [0.5, 0.6) is 0 Å². The highest BCUT2D eigenvalue weighted by molar-refractivity contribution is 6.03. The predicted octanol–water partition coefficient (Wildman–Crippen LogP) is 4.21. The molecule has 0 saturated carbocycles. The van der Waals surface area contributed by atoms with Crippen molar-refractivity contribution in [1.29, 1.82) is 0 Å². The molecule has 1 aliphatic carbocycles. The molecule has 2 aliphatic rings. The van der Waals surface area contributed by atoms with Crippen molar-refractivity contribution in [3.8, 4) is 0 Å². The number of amides is 2. The van der Waals surface area contributed by atoms with Gasteiger partial charge in [-0.3, -0.25) is 20.1 Å². The topological polar surface area (TPSA) is 125 Å². The number of allylic oxidation sites excluding steroid dienone is 2. The first kappa shape index (κ1) is 24.0. The fraction of sp³-hybridized carbons (Fsp3) is 0.400. The van der Waals surface area contributed by atoms with Gasteiger partial charge >= 0.3 is 12.0 Å². The molecule has 1 atom stereocenters. The van der Waals surface area contributed by atoms with Crippen LogP contribution in [0.3, 0.4) is 0 Å². The van der Waals surface area contributed by atoms with Gasteiger partial charge in [-0.2, -0.15) is 0 Å². The molecule has 4 N–H and O–H groups in total. The number of anilines is 1. The first-order valence-corrected chi connectivity index (χ1v) is 11.5. The van der Waals surface area contributed by atoms with Crippen molar-refractivity contribution < 1.29 is 14.3 Å². The van der Waals surface area contributed by atoms with E-state index in [1.165, 1.54) is 18.9 Å². The van der Waals surface area contributed by atoms with Gasteiger partial charge in [0.1, 0.15) is 0 Å². The standard InChI is InChI=1S/C25H29N7O3/c1-25(2)9-7-15(8-10-25)18-11-16(17-12-28-23(29-13-17)32-24(34)35-4)5-6-19(18)30-22(33)21-27-14-20(26-3)31-21/h5-7,11,14,17H,8-10,12-13H2,1-2,4H3,(H,27,31)(H,30,33)(H2,28,29,32,34). The van der Waals surface area contributed by atoms with Crippen LogP contribution in [-0.2, 0) is 4.74 Å². The van der Waals surface area contributed by atoms with Gasteiger partial charge < -0.3 is 20.2 Å². The van der Waals surface area contributed by atoms with Crippen LogP contribution in [0.15, 0.2) is 35.5 Å². The third kappa shape index (κ3) is 5.69. The van der Waals surface area contributed by atoms with Crippen LogP contribution in [0.1, 0.15) is 60.8 Å². The number of rotatable bonds is 4. The average Bonchev–Trinajstić information content (AvgIpc) is 3.34. The molecule has 10 heteroatoms. The highest BCUT2D eigenvalue weighted by Crippen LogP contribution is 2.40. The third-order valence-corrected chi connectivity index (χ3v) is 6.37. The number of alkyl carbamates (subject to hydrolysis) is 1. The maximum Gasteiger partial charge on any atom is 0.413 e. The van der Waals surface area contributed by atoms with Gasteiger partial charge in [-0.15, -0.1) is 0 Å². The number of benzene rings is 1. The lowest BCUT2D eigenvalue weighted by Gasteiger charge is -2.30. The monoisotopic (exact) mass is 475 g/mol. The molecule has 2 amide bonds. The second-order valence-electron chi connectivity index (χ2n) is 9.47. The number of ether oxygens (including phenoxy) is 1. The highest BCUT2D eigenvalue weighted by atomic mass is 16.5. The van der Waals surface area contributed by atoms with Crippen LogP contribution in [0.2, 0.25) is 0 Å². The normalized spacial score (nSPS) is 18.9. The molecule has 0 fully saturated rings. The number of imidazole rings is 1. The molecule has 0 saturated heterocycles. The largest absolute Gasteiger partial charge is 0.453 e. The van der Waals surface area contributed by atoms with Gasteiger partial charge in [-0.1, -0.05) is 32.6 Å². The molecular formula is C25H29N7O3. The van der Waals surface area contributed by atoms with E-state index in [9.17, 15) is 9.59 Å². The van der Waals surface area contributed by atoms with E-state index < -0.39 is 12.0 Å². The molecule has 1 unspecified atom stereocenters. The number of nitrogens with one attached hydrogen (secondary N) is 4. The van der Waals surface area contributed by atoms with Crippen molar-refractivity contribution in [1.82, 2.24) is 20.6 Å². The summed E-state index contributed by atoms with van der Waals surface area (Å²) < 4.78 is 4.61. The van der Waals surface area contributed by atoms with Crippen LogP contribution in [0, 0.1) is 12.0 Å². The van der Waals surface area contributed by atoms with Crippen molar-refractivity contribution in [2.45, 2.75) is 39.0 Å². The number of carbonyl (C=O) groups excluding carboxylic acids is 2. The Balaban J connectivity index is 1.60. The molecule has 2 aromatic rings. The van der Waals surface area contributed by atoms with Crippen LogP contribution in [-0.4, -0.2) is 48.1 Å². The Morgan fingerprint density at radius 3 is 2.74 bits per heavy atom. The Kier molecular flexibility index (Phi) is 6.87. The minimum absolute atomic E-state index is 0.0984. The van der Waals surface area contributed by atoms with Gasteiger partial charge in [0, 0.05) is 23.7 Å². The summed E-state index contributed by atoms with van der Waals surface area (Å²) in [5, 5.41) is 8.66. The van der Waals surface area contributed by atoms with Crippen LogP contribution >= 0.6 is 0 Å². The number of nitrogens with zero attached hydrogens (tertiary/aromatic N) is 3. The van der Waals surface area contributed by atoms with E-state index in [1.807, 2.05) is 12.1 Å². The second-order valence-corrected chi connectivity index (χ2v) is 9.47. The minimum Gasteiger partial charge on any atom is -0.453 e. The zero-order valence-electron chi connectivity index (χ0n) is 20.1. The van der Waals surface area contributed by atoms with Crippen molar-refractivity contribution >= 4 is 35.0 Å². The number of guanidine groups is 1. The number of methoxy groups -OCH3 is 1. The maximum atomic E-state index is 12.8. The SMILES string of the molecule is [C-]#[N+]c1cnc(C(=O)Nc2ccc(C3CN=C(NC(=O)OC)NC3)cc2C2=CCC(C)(C)CC2)[nH]1. The number of H-pyrrole nitrogens is 1. The van der Waals surface area contributed by atoms with Gasteiger partial charge in [0.25, 0.3) is 5.82 Å². The van der Waals surface area contributed by atoms with Gasteiger partial charge in [-0.25, -0.2) is 9.78 Å². The first-order chi connectivity index (χ1) is 16.8. The van der Waals surface area contributed by atoms with Crippen molar-refractivity contribution in [3.05, 3.63) is 58.8 Å². The Morgan fingerprint density at radius 2 is 2.11 bits per heavy atom. The number of aromatic amines is 1. The lowest BCUT2D eigenvalue weighted by Crippen LogP contribution is -2.45. The van der Waals surface area contributed by atoms with Crippen LogP contribution in [0.4, 0.5) is 16.3 Å². The maximum absolute atomic E-state index is 12.8. The zero-order chi connectivity index (χ0) is 25.0. The summed E-state index contributed by atoms with van der Waals surface area (Å²) in [6.45, 7) is 12.7. The Bertz CT molecular complexity index is 1240. The van der Waals surface area contributed by atoms with E-state index in [-0.39, 0.29) is 23.0 Å². The van der Waals surface area contributed by atoms with Crippen LogP contribution < -0.4 is 16.0 Å². The van der Waals surface area contributed by atoms with Gasteiger partial charge in [0.05, 0.1) is 19.9 Å². The highest BCUT2D eigenvalue weighted by Gasteiger charge is 2.25. The Labute approximate surface area is 204 Å². The molecule has 35 heavy (non-hydrogen) atoms. The number of hydrogen-bond donors (Lipinski definition) is 4. The minimum atomic E-state index is -0.565. The quantitative estimate of drug-likeness (QED) is 0.493. The first-order valence-electron chi connectivity index (χ1n) is 11.5. The molecule has 182 valence electrons. The van der Waals surface area contributed by atoms with Crippen molar-refractivity contribution in [2.75, 3.05) is 25.5 Å². The summed E-state index contributed by atoms with van der Waals surface area (Å²) in [5.41, 5.74) is 4.21. The molecule has 4 rings (SSSR count). The Morgan fingerprint density at radius 1 is 1.29 bits per heavy atom. The summed E-state index contributed by atoms with van der Waals surface area (Å²) in [7, 11) is 1.31. The smallest absolute Gasteiger partial charge is 0.413 e. The fourth-order valence-corrected chi connectivity index (χ4v) is 4.17. The molecule has 1 aromatic heterocycles. The van der Waals surface area contributed by atoms with E-state index in [0.717, 1.165) is 30.4 Å². The number of carbonyl (C=O) groups is 2. The van der Waals surface area contributed by atoms with E-state index in [1.54, 1.807) is 0 Å². The summed E-state index contributed by atoms with van der Waals surface area (Å²) in [6.07, 6.45) is 5.97. The van der Waals surface area contributed by atoms with Gasteiger partial charge in [0.15, 0.2) is 0 Å². The Hall–Kier alpha value is -4.13. The fourth-order valence-electron chi connectivity index (χ4n) is 4.17. The van der Waals surface area contributed by atoms with Crippen LogP contribution in [0.25, 0.3) is 10.4 Å². The number of aromatic nitrogens is 2. The lowest BCUT2D eigenvalue weighted by molar-refractivity contribution is 0.101. The molecule has 1 aliphatic heterocycles. The summed E-state index contributed by atoms with van der Waals surface area (Å²) in [5.74, 6) is 0.420. The molecule has 1 aromatic carbocycles. The summed E-state index contributed by atoms with van der Waals surface area (Å²) in [4.78, 5) is 38.7. The summed E-state index contributed by atoms with van der Waals surface area (Å²) in [6, 6.07) is 6.01. The van der Waals surface area contributed by atoms with E-state index in [4.69, 9.17) is 6.57 Å². The number of hydrogen-bond acceptors (Lipinski definition) is 6.